The predicted molar refractivity (Wildman–Crippen MR) is 99.7 cm³/mol. The quantitative estimate of drug-likeness (QED) is 0.316. The first-order chi connectivity index (χ1) is 11.6. The van der Waals surface area contributed by atoms with Gasteiger partial charge in [-0.05, 0) is 19.1 Å². The normalized spacial score (nSPS) is 17.8. The van der Waals surface area contributed by atoms with Crippen molar-refractivity contribution < 1.29 is 14.3 Å². The first-order valence-electron chi connectivity index (χ1n) is 8.50. The fourth-order valence-corrected chi connectivity index (χ4v) is 2.39. The van der Waals surface area contributed by atoms with E-state index in [0.717, 1.165) is 58.1 Å². The van der Waals surface area contributed by atoms with Crippen LogP contribution >= 0.6 is 11.8 Å². The Labute approximate surface area is 149 Å². The smallest absolute Gasteiger partial charge is 0.243 e. The van der Waals surface area contributed by atoms with Gasteiger partial charge in [0, 0.05) is 52.1 Å². The van der Waals surface area contributed by atoms with E-state index in [9.17, 15) is 4.79 Å². The number of carbonyl (C=O) groups excluding carboxylic acids is 1. The molecule has 0 bridgehead atoms. The fourth-order valence-electron chi connectivity index (χ4n) is 2.08. The number of carbonyl (C=O) groups is 1. The van der Waals surface area contributed by atoms with Crippen molar-refractivity contribution >= 4 is 23.6 Å². The molecule has 7 nitrogen and oxygen atoms in total. The summed E-state index contributed by atoms with van der Waals surface area (Å²) in [7, 11) is 3.47. The molecule has 24 heavy (non-hydrogen) atoms. The lowest BCUT2D eigenvalue weighted by Crippen LogP contribution is -2.40. The molecule has 0 aromatic carbocycles. The predicted octanol–water partition coefficient (Wildman–Crippen LogP) is 0.416. The summed E-state index contributed by atoms with van der Waals surface area (Å²) in [6, 6.07) is 0. The molecule has 140 valence electrons. The third-order valence-electron chi connectivity index (χ3n) is 3.61. The van der Waals surface area contributed by atoms with Gasteiger partial charge in [0.25, 0.3) is 0 Å². The van der Waals surface area contributed by atoms with Crippen LogP contribution in [0.25, 0.3) is 0 Å². The molecule has 1 saturated heterocycles. The van der Waals surface area contributed by atoms with E-state index in [1.165, 1.54) is 0 Å². The fraction of sp³-hybridized carbons (Fsp3) is 0.875. The first-order valence-corrected chi connectivity index (χ1v) is 9.89. The molecule has 1 aliphatic rings. The zero-order valence-corrected chi connectivity index (χ0v) is 16.0. The Balaban J connectivity index is 2.19. The molecular formula is C16H32N4O3S. The van der Waals surface area contributed by atoms with Gasteiger partial charge < -0.3 is 25.0 Å². The second kappa shape index (κ2) is 13.3. The van der Waals surface area contributed by atoms with Gasteiger partial charge in [0.1, 0.15) is 6.54 Å². The van der Waals surface area contributed by atoms with E-state index < -0.39 is 0 Å². The lowest BCUT2D eigenvalue weighted by molar-refractivity contribution is -0.127. The number of rotatable bonds is 11. The monoisotopic (exact) mass is 360 g/mol. The summed E-state index contributed by atoms with van der Waals surface area (Å²) >= 11 is 1.77. The van der Waals surface area contributed by atoms with Crippen LogP contribution in [0.2, 0.25) is 0 Å². The summed E-state index contributed by atoms with van der Waals surface area (Å²) in [5, 5.41) is 6.50. The average molecular weight is 361 g/mol. The molecule has 1 aliphatic heterocycles. The van der Waals surface area contributed by atoms with Crippen molar-refractivity contribution in [1.82, 2.24) is 15.5 Å². The molecule has 0 aromatic heterocycles. The highest BCUT2D eigenvalue weighted by atomic mass is 32.2. The zero-order chi connectivity index (χ0) is 17.6. The van der Waals surface area contributed by atoms with Crippen LogP contribution in [-0.4, -0.2) is 88.9 Å². The van der Waals surface area contributed by atoms with Gasteiger partial charge in [-0.3, -0.25) is 4.79 Å². The van der Waals surface area contributed by atoms with E-state index in [1.54, 1.807) is 30.8 Å². The number of likely N-dealkylation sites (N-methyl/N-ethyl adjacent to an activating group) is 1. The number of amides is 1. The van der Waals surface area contributed by atoms with Gasteiger partial charge in [-0.15, -0.1) is 0 Å². The summed E-state index contributed by atoms with van der Waals surface area (Å²) in [6.45, 7) is 4.93. The van der Waals surface area contributed by atoms with Gasteiger partial charge in [0.2, 0.25) is 5.91 Å². The van der Waals surface area contributed by atoms with Gasteiger partial charge in [-0.25, -0.2) is 4.99 Å². The molecule has 2 N–H and O–H groups in total. The van der Waals surface area contributed by atoms with Crippen molar-refractivity contribution in [3.8, 4) is 0 Å². The molecule has 0 aromatic rings. The number of hydrogen-bond donors (Lipinski definition) is 2. The van der Waals surface area contributed by atoms with Gasteiger partial charge >= 0.3 is 0 Å². The molecule has 1 atom stereocenters. The lowest BCUT2D eigenvalue weighted by atomic mass is 10.1. The molecule has 1 heterocycles. The molecular weight excluding hydrogens is 328 g/mol. The Morgan fingerprint density at radius 2 is 2.17 bits per heavy atom. The molecule has 1 rings (SSSR count). The number of ether oxygens (including phenoxy) is 2. The van der Waals surface area contributed by atoms with Crippen LogP contribution in [0.5, 0.6) is 0 Å². The molecule has 1 unspecified atom stereocenters. The van der Waals surface area contributed by atoms with Crippen LogP contribution in [0.4, 0.5) is 0 Å². The Kier molecular flexibility index (Phi) is 11.7. The maximum absolute atomic E-state index is 11.6. The van der Waals surface area contributed by atoms with E-state index in [2.05, 4.69) is 21.9 Å². The zero-order valence-electron chi connectivity index (χ0n) is 15.2. The minimum absolute atomic E-state index is 0.0110. The van der Waals surface area contributed by atoms with Gasteiger partial charge in [0.15, 0.2) is 5.96 Å². The van der Waals surface area contributed by atoms with Crippen molar-refractivity contribution in [2.24, 2.45) is 10.9 Å². The number of nitrogens with zero attached hydrogens (tertiary/aromatic N) is 2. The largest absolute Gasteiger partial charge is 0.381 e. The SMILES string of the molecule is CSCCNC(=NCC(=O)N(C)C)NCCCOCC1CCOC1. The first kappa shape index (κ1) is 21.1. The summed E-state index contributed by atoms with van der Waals surface area (Å²) in [5.41, 5.74) is 0. The number of thioether (sulfide) groups is 1. The molecule has 1 amide bonds. The van der Waals surface area contributed by atoms with Crippen LogP contribution in [0.1, 0.15) is 12.8 Å². The Hall–Kier alpha value is -0.990. The van der Waals surface area contributed by atoms with E-state index in [1.807, 2.05) is 0 Å². The molecule has 0 spiro atoms. The van der Waals surface area contributed by atoms with Crippen molar-refractivity contribution in [2.75, 3.05) is 72.2 Å². The molecule has 8 heteroatoms. The third-order valence-corrected chi connectivity index (χ3v) is 4.22. The Bertz CT molecular complexity index is 374. The lowest BCUT2D eigenvalue weighted by Gasteiger charge is -2.14. The minimum Gasteiger partial charge on any atom is -0.381 e. The van der Waals surface area contributed by atoms with Gasteiger partial charge in [-0.1, -0.05) is 0 Å². The Morgan fingerprint density at radius 3 is 2.83 bits per heavy atom. The number of nitrogens with one attached hydrogen (secondary N) is 2. The Morgan fingerprint density at radius 1 is 1.38 bits per heavy atom. The third kappa shape index (κ3) is 10.00. The van der Waals surface area contributed by atoms with Gasteiger partial charge in [0.05, 0.1) is 13.2 Å². The highest BCUT2D eigenvalue weighted by Gasteiger charge is 2.15. The van der Waals surface area contributed by atoms with Gasteiger partial charge in [-0.2, -0.15) is 11.8 Å². The maximum Gasteiger partial charge on any atom is 0.243 e. The number of aliphatic imine (C=N–C) groups is 1. The second-order valence-electron chi connectivity index (χ2n) is 5.96. The summed E-state index contributed by atoms with van der Waals surface area (Å²) < 4.78 is 11.0. The highest BCUT2D eigenvalue weighted by Crippen LogP contribution is 2.12. The summed E-state index contributed by atoms with van der Waals surface area (Å²) in [4.78, 5) is 17.5. The molecule has 0 aliphatic carbocycles. The highest BCUT2D eigenvalue weighted by molar-refractivity contribution is 7.98. The van der Waals surface area contributed by atoms with E-state index in [0.29, 0.717) is 11.9 Å². The van der Waals surface area contributed by atoms with Crippen molar-refractivity contribution in [2.45, 2.75) is 12.8 Å². The van der Waals surface area contributed by atoms with Crippen LogP contribution in [0.15, 0.2) is 4.99 Å². The summed E-state index contributed by atoms with van der Waals surface area (Å²) in [6.07, 6.45) is 4.07. The minimum atomic E-state index is -0.0110. The molecule has 1 fully saturated rings. The van der Waals surface area contributed by atoms with Crippen LogP contribution in [0.3, 0.4) is 0 Å². The standard InChI is InChI=1S/C16H32N4O3S/c1-20(2)15(21)11-19-16(18-7-10-24-3)17-6-4-8-22-12-14-5-9-23-13-14/h14H,4-13H2,1-3H3,(H2,17,18,19). The average Bonchev–Trinajstić information content (AvgIpc) is 3.08. The summed E-state index contributed by atoms with van der Waals surface area (Å²) in [5.74, 6) is 2.22. The van der Waals surface area contributed by atoms with Crippen LogP contribution < -0.4 is 10.6 Å². The topological polar surface area (TPSA) is 75.2 Å². The second-order valence-corrected chi connectivity index (χ2v) is 6.94. The van der Waals surface area contributed by atoms with Crippen LogP contribution in [-0.2, 0) is 14.3 Å². The van der Waals surface area contributed by atoms with E-state index in [4.69, 9.17) is 9.47 Å². The van der Waals surface area contributed by atoms with Crippen molar-refractivity contribution in [1.29, 1.82) is 0 Å². The number of hydrogen-bond acceptors (Lipinski definition) is 5. The maximum atomic E-state index is 11.6. The molecule has 0 radical (unpaired) electrons. The van der Waals surface area contributed by atoms with Crippen molar-refractivity contribution in [3.63, 3.8) is 0 Å². The molecule has 0 saturated carbocycles. The van der Waals surface area contributed by atoms with Crippen molar-refractivity contribution in [3.05, 3.63) is 0 Å². The van der Waals surface area contributed by atoms with E-state index in [-0.39, 0.29) is 12.5 Å². The van der Waals surface area contributed by atoms with Crippen LogP contribution in [0, 0.1) is 5.92 Å². The van der Waals surface area contributed by atoms with E-state index >= 15 is 0 Å². The number of guanidine groups is 1.